The van der Waals surface area contributed by atoms with E-state index in [1.165, 1.54) is 33.8 Å². The first-order valence-corrected chi connectivity index (χ1v) is 11.7. The smallest absolute Gasteiger partial charge is 0.320 e. The van der Waals surface area contributed by atoms with Gasteiger partial charge in [0.1, 0.15) is 0 Å². The third-order valence-corrected chi connectivity index (χ3v) is 7.34. The van der Waals surface area contributed by atoms with Crippen molar-refractivity contribution in [1.82, 2.24) is 10.2 Å². The van der Waals surface area contributed by atoms with Crippen LogP contribution in [0.15, 0.2) is 75.4 Å². The predicted molar refractivity (Wildman–Crippen MR) is 119 cm³/mol. The summed E-state index contributed by atoms with van der Waals surface area (Å²) in [6, 6.07) is 17.2. The summed E-state index contributed by atoms with van der Waals surface area (Å²) in [5.41, 5.74) is 0.935. The topological polar surface area (TPSA) is 88.3 Å². The first kappa shape index (κ1) is 20.4. The SMILES string of the molecule is CCN(c1ccccc1)S(=O)(=O)c1ccc(Cl)c(Nc2nnc(-c3cccs3)o2)c1. The number of para-hydroxylation sites is 1. The maximum absolute atomic E-state index is 13.2. The summed E-state index contributed by atoms with van der Waals surface area (Å²) in [4.78, 5) is 0.928. The molecule has 10 heteroatoms. The first-order valence-electron chi connectivity index (χ1n) is 9.01. The van der Waals surface area contributed by atoms with Gasteiger partial charge in [-0.3, -0.25) is 4.31 Å². The Morgan fingerprint density at radius 2 is 1.90 bits per heavy atom. The predicted octanol–water partition coefficient (Wildman–Crippen LogP) is 5.41. The molecule has 4 rings (SSSR count). The summed E-state index contributed by atoms with van der Waals surface area (Å²) in [6.07, 6.45) is 0. The number of nitrogens with zero attached hydrogens (tertiary/aromatic N) is 3. The van der Waals surface area contributed by atoms with Crippen molar-refractivity contribution in [2.24, 2.45) is 0 Å². The normalized spacial score (nSPS) is 11.4. The highest BCUT2D eigenvalue weighted by Crippen LogP contribution is 2.32. The number of hydrogen-bond acceptors (Lipinski definition) is 7. The Labute approximate surface area is 183 Å². The van der Waals surface area contributed by atoms with Gasteiger partial charge < -0.3 is 9.73 Å². The molecule has 0 aliphatic rings. The highest BCUT2D eigenvalue weighted by molar-refractivity contribution is 7.92. The summed E-state index contributed by atoms with van der Waals surface area (Å²) in [5.74, 6) is 0.369. The Bertz CT molecular complexity index is 1240. The molecule has 0 aliphatic heterocycles. The van der Waals surface area contributed by atoms with Crippen LogP contribution >= 0.6 is 22.9 Å². The van der Waals surface area contributed by atoms with E-state index >= 15 is 0 Å². The molecule has 0 saturated carbocycles. The summed E-state index contributed by atoms with van der Waals surface area (Å²) in [7, 11) is -3.80. The molecule has 0 atom stereocenters. The zero-order valence-corrected chi connectivity index (χ0v) is 18.2. The van der Waals surface area contributed by atoms with Crippen molar-refractivity contribution in [3.05, 3.63) is 71.1 Å². The van der Waals surface area contributed by atoms with Crippen LogP contribution in [-0.4, -0.2) is 25.2 Å². The minimum absolute atomic E-state index is 0.0955. The lowest BCUT2D eigenvalue weighted by atomic mass is 10.3. The maximum atomic E-state index is 13.2. The monoisotopic (exact) mass is 460 g/mol. The van der Waals surface area contributed by atoms with E-state index in [9.17, 15) is 8.42 Å². The molecule has 2 aromatic heterocycles. The fourth-order valence-electron chi connectivity index (χ4n) is 2.86. The molecule has 0 unspecified atom stereocenters. The molecule has 2 heterocycles. The van der Waals surface area contributed by atoms with Crippen LogP contribution in [0.25, 0.3) is 10.8 Å². The van der Waals surface area contributed by atoms with Crippen LogP contribution in [0.4, 0.5) is 17.4 Å². The standard InChI is InChI=1S/C20H17ClN4O3S2/c1-2-25(14-7-4-3-5-8-14)30(26,27)15-10-11-16(21)17(13-15)22-20-24-23-19(28-20)18-9-6-12-29-18/h3-13H,2H2,1H3,(H,22,24). The molecule has 0 amide bonds. The second-order valence-corrected chi connectivity index (χ2v) is 9.38. The minimum Gasteiger partial charge on any atom is -0.402 e. The Morgan fingerprint density at radius 3 is 2.60 bits per heavy atom. The van der Waals surface area contributed by atoms with Crippen molar-refractivity contribution < 1.29 is 12.8 Å². The molecule has 0 bridgehead atoms. The van der Waals surface area contributed by atoms with Gasteiger partial charge in [-0.2, -0.15) is 0 Å². The number of halogens is 1. The van der Waals surface area contributed by atoms with Crippen LogP contribution < -0.4 is 9.62 Å². The third-order valence-electron chi connectivity index (χ3n) is 4.26. The van der Waals surface area contributed by atoms with E-state index in [2.05, 4.69) is 15.5 Å². The van der Waals surface area contributed by atoms with Crippen LogP contribution in [0.2, 0.25) is 5.02 Å². The molecule has 154 valence electrons. The maximum Gasteiger partial charge on any atom is 0.320 e. The van der Waals surface area contributed by atoms with Crippen LogP contribution in [0.3, 0.4) is 0 Å². The molecule has 1 N–H and O–H groups in total. The van der Waals surface area contributed by atoms with Crippen molar-refractivity contribution >= 4 is 50.4 Å². The molecule has 30 heavy (non-hydrogen) atoms. The number of sulfonamides is 1. The Kier molecular flexibility index (Phi) is 5.76. The van der Waals surface area contributed by atoms with E-state index in [4.69, 9.17) is 16.0 Å². The second kappa shape index (κ2) is 8.47. The van der Waals surface area contributed by atoms with Crippen LogP contribution in [0.1, 0.15) is 6.92 Å². The average Bonchev–Trinajstić information content (AvgIpc) is 3.42. The lowest BCUT2D eigenvalue weighted by molar-refractivity contribution is 0.588. The summed E-state index contributed by atoms with van der Waals surface area (Å²) in [5, 5.41) is 13.1. The molecule has 0 fully saturated rings. The third kappa shape index (κ3) is 4.04. The van der Waals surface area contributed by atoms with E-state index in [1.807, 2.05) is 23.6 Å². The molecule has 0 radical (unpaired) electrons. The molecule has 0 saturated heterocycles. The Balaban J connectivity index is 1.64. The fraction of sp³-hybridized carbons (Fsp3) is 0.100. The number of nitrogens with one attached hydrogen (secondary N) is 1. The van der Waals surface area contributed by atoms with Gasteiger partial charge in [0.25, 0.3) is 15.9 Å². The second-order valence-electron chi connectivity index (χ2n) is 6.16. The van der Waals surface area contributed by atoms with Crippen molar-refractivity contribution in [3.63, 3.8) is 0 Å². The highest BCUT2D eigenvalue weighted by Gasteiger charge is 2.24. The van der Waals surface area contributed by atoms with E-state index in [0.717, 1.165) is 4.88 Å². The molecule has 4 aromatic rings. The van der Waals surface area contributed by atoms with Crippen LogP contribution in [-0.2, 0) is 10.0 Å². The lowest BCUT2D eigenvalue weighted by Crippen LogP contribution is -2.30. The lowest BCUT2D eigenvalue weighted by Gasteiger charge is -2.23. The fourth-order valence-corrected chi connectivity index (χ4v) is 5.17. The molecule has 7 nitrogen and oxygen atoms in total. The van der Waals surface area contributed by atoms with E-state index in [-0.39, 0.29) is 17.5 Å². The zero-order chi connectivity index (χ0) is 21.1. The van der Waals surface area contributed by atoms with Crippen molar-refractivity contribution in [3.8, 4) is 10.8 Å². The van der Waals surface area contributed by atoms with Crippen LogP contribution in [0, 0.1) is 0 Å². The summed E-state index contributed by atoms with van der Waals surface area (Å²) < 4.78 is 33.4. The quantitative estimate of drug-likeness (QED) is 0.396. The van der Waals surface area contributed by atoms with Gasteiger partial charge in [-0.1, -0.05) is 41.0 Å². The molecular weight excluding hydrogens is 444 g/mol. The Hall–Kier alpha value is -2.88. The van der Waals surface area contributed by atoms with Crippen molar-refractivity contribution in [1.29, 1.82) is 0 Å². The van der Waals surface area contributed by atoms with Gasteiger partial charge in [0.15, 0.2) is 0 Å². The number of benzene rings is 2. The number of thiophene rings is 1. The van der Waals surface area contributed by atoms with Gasteiger partial charge >= 0.3 is 6.01 Å². The molecular formula is C20H17ClN4O3S2. The van der Waals surface area contributed by atoms with Crippen molar-refractivity contribution in [2.45, 2.75) is 11.8 Å². The van der Waals surface area contributed by atoms with E-state index in [0.29, 0.717) is 22.3 Å². The van der Waals surface area contributed by atoms with E-state index < -0.39 is 10.0 Å². The highest BCUT2D eigenvalue weighted by atomic mass is 35.5. The largest absolute Gasteiger partial charge is 0.402 e. The van der Waals surface area contributed by atoms with Gasteiger partial charge in [-0.05, 0) is 48.7 Å². The van der Waals surface area contributed by atoms with Gasteiger partial charge in [0.05, 0.1) is 26.2 Å². The van der Waals surface area contributed by atoms with Crippen LogP contribution in [0.5, 0.6) is 0 Å². The molecule has 0 aliphatic carbocycles. The summed E-state index contributed by atoms with van der Waals surface area (Å²) >= 11 is 7.75. The van der Waals surface area contributed by atoms with Gasteiger partial charge in [-0.25, -0.2) is 8.42 Å². The van der Waals surface area contributed by atoms with E-state index in [1.54, 1.807) is 31.2 Å². The number of rotatable bonds is 7. The Morgan fingerprint density at radius 1 is 1.10 bits per heavy atom. The summed E-state index contributed by atoms with van der Waals surface area (Å²) in [6.45, 7) is 2.07. The minimum atomic E-state index is -3.80. The number of aromatic nitrogens is 2. The van der Waals surface area contributed by atoms with Gasteiger partial charge in [0, 0.05) is 6.54 Å². The number of hydrogen-bond donors (Lipinski definition) is 1. The molecule has 2 aromatic carbocycles. The number of anilines is 3. The zero-order valence-electron chi connectivity index (χ0n) is 15.8. The van der Waals surface area contributed by atoms with Gasteiger partial charge in [-0.15, -0.1) is 16.4 Å². The average molecular weight is 461 g/mol. The first-order chi connectivity index (χ1) is 14.5. The van der Waals surface area contributed by atoms with Gasteiger partial charge in [0.2, 0.25) is 0 Å². The molecule has 0 spiro atoms. The van der Waals surface area contributed by atoms with Crippen molar-refractivity contribution in [2.75, 3.05) is 16.2 Å².